The van der Waals surface area contributed by atoms with E-state index in [0.717, 1.165) is 12.8 Å². The summed E-state index contributed by atoms with van der Waals surface area (Å²) >= 11 is 1.88. The summed E-state index contributed by atoms with van der Waals surface area (Å²) in [6.45, 7) is 0.316. The van der Waals surface area contributed by atoms with Crippen molar-refractivity contribution >= 4 is 17.8 Å². The van der Waals surface area contributed by atoms with Gasteiger partial charge in [0.1, 0.15) is 0 Å². The monoisotopic (exact) mass is 232 g/mol. The molecule has 2 unspecified atom stereocenters. The molecule has 1 fully saturated rings. The lowest BCUT2D eigenvalue weighted by Crippen LogP contribution is -2.45. The fourth-order valence-corrected chi connectivity index (χ4v) is 2.72. The van der Waals surface area contributed by atoms with E-state index in [2.05, 4.69) is 16.9 Å². The topological polar surface area (TPSA) is 61.4 Å². The summed E-state index contributed by atoms with van der Waals surface area (Å²) in [7, 11) is 0. The Morgan fingerprint density at radius 3 is 3.00 bits per heavy atom. The Kier molecular flexibility index (Phi) is 5.86. The molecule has 5 heteroatoms. The van der Waals surface area contributed by atoms with Crippen LogP contribution in [0.5, 0.6) is 0 Å². The van der Waals surface area contributed by atoms with E-state index in [1.807, 2.05) is 11.8 Å². The third-order valence-corrected chi connectivity index (χ3v) is 3.79. The summed E-state index contributed by atoms with van der Waals surface area (Å²) in [4.78, 5) is 11.3. The van der Waals surface area contributed by atoms with Crippen LogP contribution in [0, 0.1) is 0 Å². The maximum Gasteiger partial charge on any atom is 0.315 e. The second-order valence-corrected chi connectivity index (χ2v) is 4.98. The Labute approximate surface area is 95.2 Å². The molecular weight excluding hydrogens is 212 g/mol. The zero-order valence-corrected chi connectivity index (χ0v) is 9.98. The molecule has 15 heavy (non-hydrogen) atoms. The standard InChI is InChI=1S/C10H20N2O2S/c1-15-9-4-2-3-8(7-9)12-10(14)11-5-6-13/h8-9,13H,2-7H2,1H3,(H2,11,12,14). The van der Waals surface area contributed by atoms with Crippen molar-refractivity contribution in [3.63, 3.8) is 0 Å². The van der Waals surface area contributed by atoms with Crippen LogP contribution in [0.3, 0.4) is 0 Å². The van der Waals surface area contributed by atoms with Crippen molar-refractivity contribution in [2.45, 2.75) is 37.0 Å². The van der Waals surface area contributed by atoms with Gasteiger partial charge in [0.2, 0.25) is 0 Å². The highest BCUT2D eigenvalue weighted by molar-refractivity contribution is 7.99. The van der Waals surface area contributed by atoms with Gasteiger partial charge in [-0.2, -0.15) is 11.8 Å². The number of rotatable bonds is 4. The van der Waals surface area contributed by atoms with Crippen LogP contribution in [-0.2, 0) is 0 Å². The summed E-state index contributed by atoms with van der Waals surface area (Å²) in [6.07, 6.45) is 6.71. The molecular formula is C10H20N2O2S. The molecule has 3 N–H and O–H groups in total. The first-order valence-electron chi connectivity index (χ1n) is 5.44. The molecule has 1 saturated carbocycles. The number of hydrogen-bond donors (Lipinski definition) is 3. The lowest BCUT2D eigenvalue weighted by molar-refractivity contribution is 0.227. The van der Waals surface area contributed by atoms with Crippen LogP contribution in [0.25, 0.3) is 0 Å². The Balaban J connectivity index is 2.22. The Morgan fingerprint density at radius 1 is 1.53 bits per heavy atom. The summed E-state index contributed by atoms with van der Waals surface area (Å²) in [5, 5.41) is 14.8. The fraction of sp³-hybridized carbons (Fsp3) is 0.900. The van der Waals surface area contributed by atoms with Crippen molar-refractivity contribution in [2.75, 3.05) is 19.4 Å². The molecule has 0 radical (unpaired) electrons. The summed E-state index contributed by atoms with van der Waals surface area (Å²) < 4.78 is 0. The second-order valence-electron chi connectivity index (χ2n) is 3.85. The Morgan fingerprint density at radius 2 is 2.33 bits per heavy atom. The minimum atomic E-state index is -0.157. The van der Waals surface area contributed by atoms with Gasteiger partial charge in [0.25, 0.3) is 0 Å². The highest BCUT2D eigenvalue weighted by Gasteiger charge is 2.22. The number of hydrogen-bond acceptors (Lipinski definition) is 3. The van der Waals surface area contributed by atoms with Gasteiger partial charge in [-0.05, 0) is 25.5 Å². The number of thioether (sulfide) groups is 1. The number of urea groups is 1. The molecule has 1 aliphatic carbocycles. The number of aliphatic hydroxyl groups is 1. The number of aliphatic hydroxyl groups excluding tert-OH is 1. The highest BCUT2D eigenvalue weighted by Crippen LogP contribution is 2.26. The van der Waals surface area contributed by atoms with Gasteiger partial charge in [0, 0.05) is 17.8 Å². The summed E-state index contributed by atoms with van der Waals surface area (Å²) in [5.74, 6) is 0. The molecule has 0 bridgehead atoms. The molecule has 0 aromatic heterocycles. The largest absolute Gasteiger partial charge is 0.395 e. The number of carbonyl (C=O) groups excluding carboxylic acids is 1. The third kappa shape index (κ3) is 4.75. The third-order valence-electron chi connectivity index (χ3n) is 2.69. The van der Waals surface area contributed by atoms with E-state index in [0.29, 0.717) is 17.8 Å². The van der Waals surface area contributed by atoms with Gasteiger partial charge in [0.05, 0.1) is 6.61 Å². The first-order valence-corrected chi connectivity index (χ1v) is 6.73. The van der Waals surface area contributed by atoms with Crippen molar-refractivity contribution in [3.8, 4) is 0 Å². The predicted molar refractivity (Wildman–Crippen MR) is 63.2 cm³/mol. The molecule has 0 aromatic rings. The van der Waals surface area contributed by atoms with Crippen LogP contribution in [0.1, 0.15) is 25.7 Å². The first-order chi connectivity index (χ1) is 7.26. The van der Waals surface area contributed by atoms with E-state index >= 15 is 0 Å². The number of amides is 2. The van der Waals surface area contributed by atoms with Gasteiger partial charge in [-0.3, -0.25) is 0 Å². The zero-order chi connectivity index (χ0) is 11.1. The molecule has 0 aromatic carbocycles. The van der Waals surface area contributed by atoms with Gasteiger partial charge in [-0.15, -0.1) is 0 Å². The van der Waals surface area contributed by atoms with Gasteiger partial charge < -0.3 is 15.7 Å². The average Bonchev–Trinajstić information content (AvgIpc) is 2.26. The lowest BCUT2D eigenvalue weighted by atomic mass is 9.95. The SMILES string of the molecule is CSC1CCCC(NC(=O)NCCO)C1. The molecule has 0 spiro atoms. The van der Waals surface area contributed by atoms with Crippen molar-refractivity contribution in [3.05, 3.63) is 0 Å². The van der Waals surface area contributed by atoms with Crippen molar-refractivity contribution in [1.82, 2.24) is 10.6 Å². The van der Waals surface area contributed by atoms with E-state index < -0.39 is 0 Å². The quantitative estimate of drug-likeness (QED) is 0.676. The van der Waals surface area contributed by atoms with E-state index in [1.54, 1.807) is 0 Å². The van der Waals surface area contributed by atoms with Gasteiger partial charge in [0.15, 0.2) is 0 Å². The van der Waals surface area contributed by atoms with Gasteiger partial charge >= 0.3 is 6.03 Å². The van der Waals surface area contributed by atoms with Crippen LogP contribution in [0.15, 0.2) is 0 Å². The minimum Gasteiger partial charge on any atom is -0.395 e. The van der Waals surface area contributed by atoms with Crippen LogP contribution in [0.2, 0.25) is 0 Å². The van der Waals surface area contributed by atoms with E-state index in [9.17, 15) is 4.79 Å². The summed E-state index contributed by atoms with van der Waals surface area (Å²) in [5.41, 5.74) is 0. The van der Waals surface area contributed by atoms with Crippen LogP contribution in [-0.4, -0.2) is 41.8 Å². The number of nitrogens with one attached hydrogen (secondary N) is 2. The Bertz CT molecular complexity index is 202. The normalized spacial score (nSPS) is 26.0. The van der Waals surface area contributed by atoms with E-state index in [-0.39, 0.29) is 12.6 Å². The van der Waals surface area contributed by atoms with Crippen molar-refractivity contribution in [2.24, 2.45) is 0 Å². The summed E-state index contributed by atoms with van der Waals surface area (Å²) in [6, 6.07) is 0.144. The molecule has 4 nitrogen and oxygen atoms in total. The smallest absolute Gasteiger partial charge is 0.315 e. The molecule has 1 rings (SSSR count). The van der Waals surface area contributed by atoms with Crippen LogP contribution in [0.4, 0.5) is 4.79 Å². The molecule has 2 amide bonds. The van der Waals surface area contributed by atoms with Crippen molar-refractivity contribution in [1.29, 1.82) is 0 Å². The Hall–Kier alpha value is -0.420. The van der Waals surface area contributed by atoms with Gasteiger partial charge in [-0.25, -0.2) is 4.79 Å². The minimum absolute atomic E-state index is 0.00841. The fourth-order valence-electron chi connectivity index (χ4n) is 1.90. The molecule has 0 saturated heterocycles. The maximum absolute atomic E-state index is 11.3. The van der Waals surface area contributed by atoms with E-state index in [4.69, 9.17) is 5.11 Å². The lowest BCUT2D eigenvalue weighted by Gasteiger charge is -2.28. The van der Waals surface area contributed by atoms with Crippen molar-refractivity contribution < 1.29 is 9.90 Å². The molecule has 0 heterocycles. The molecule has 88 valence electrons. The zero-order valence-electron chi connectivity index (χ0n) is 9.16. The molecule has 2 atom stereocenters. The van der Waals surface area contributed by atoms with E-state index in [1.165, 1.54) is 12.8 Å². The first kappa shape index (κ1) is 12.6. The van der Waals surface area contributed by atoms with Crippen LogP contribution < -0.4 is 10.6 Å². The van der Waals surface area contributed by atoms with Gasteiger partial charge in [-0.1, -0.05) is 6.42 Å². The average molecular weight is 232 g/mol. The molecule has 0 aliphatic heterocycles. The highest BCUT2D eigenvalue weighted by atomic mass is 32.2. The maximum atomic E-state index is 11.3. The van der Waals surface area contributed by atoms with Crippen LogP contribution >= 0.6 is 11.8 Å². The predicted octanol–water partition coefficient (Wildman–Crippen LogP) is 0.952. The second kappa shape index (κ2) is 6.95. The molecule has 1 aliphatic rings. The number of carbonyl (C=O) groups is 1.